The van der Waals surface area contributed by atoms with Crippen LogP contribution in [0.1, 0.15) is 37.8 Å². The molecule has 0 bridgehead atoms. The molecule has 1 heterocycles. The van der Waals surface area contributed by atoms with Crippen LogP contribution < -0.4 is 0 Å². The highest BCUT2D eigenvalue weighted by Gasteiger charge is 2.18. The highest BCUT2D eigenvalue weighted by molar-refractivity contribution is 7.90. The van der Waals surface area contributed by atoms with Gasteiger partial charge in [0.25, 0.3) is 0 Å². The molecule has 8 heteroatoms. The Bertz CT molecular complexity index is 956. The SMILES string of the molecule is CS(=O)(=O)c1ccc(-c2cc(/C=C/C[N+](=O)[O-])nn2CC2CCCCC2)cc1. The van der Waals surface area contributed by atoms with Crippen molar-refractivity contribution >= 4 is 15.9 Å². The van der Waals surface area contributed by atoms with E-state index in [1.165, 1.54) is 44.4 Å². The number of aromatic nitrogens is 2. The van der Waals surface area contributed by atoms with Crippen molar-refractivity contribution in [2.45, 2.75) is 43.5 Å². The molecule has 1 aromatic heterocycles. The van der Waals surface area contributed by atoms with E-state index in [0.717, 1.165) is 17.8 Å². The normalized spacial score (nSPS) is 15.9. The van der Waals surface area contributed by atoms with E-state index < -0.39 is 9.84 Å². The molecule has 0 unspecified atom stereocenters. The van der Waals surface area contributed by atoms with E-state index in [1.54, 1.807) is 30.3 Å². The summed E-state index contributed by atoms with van der Waals surface area (Å²) in [4.78, 5) is 10.4. The zero-order chi connectivity index (χ0) is 20.1. The van der Waals surface area contributed by atoms with E-state index in [4.69, 9.17) is 0 Å². The van der Waals surface area contributed by atoms with Gasteiger partial charge in [-0.05, 0) is 54.7 Å². The van der Waals surface area contributed by atoms with E-state index in [0.29, 0.717) is 11.6 Å². The van der Waals surface area contributed by atoms with Crippen LogP contribution in [0, 0.1) is 16.0 Å². The minimum atomic E-state index is -3.25. The topological polar surface area (TPSA) is 95.1 Å². The number of hydrogen-bond donors (Lipinski definition) is 0. The van der Waals surface area contributed by atoms with Gasteiger partial charge in [-0.15, -0.1) is 0 Å². The largest absolute Gasteiger partial charge is 0.264 e. The van der Waals surface area contributed by atoms with Crippen LogP contribution in [0.25, 0.3) is 17.3 Å². The fourth-order valence-electron chi connectivity index (χ4n) is 3.64. The molecule has 0 atom stereocenters. The van der Waals surface area contributed by atoms with Gasteiger partial charge in [0.05, 0.1) is 16.3 Å². The Labute approximate surface area is 165 Å². The van der Waals surface area contributed by atoms with Gasteiger partial charge in [-0.3, -0.25) is 14.8 Å². The molecule has 1 aliphatic rings. The Morgan fingerprint density at radius 2 is 1.89 bits per heavy atom. The molecule has 150 valence electrons. The first-order chi connectivity index (χ1) is 13.3. The van der Waals surface area contributed by atoms with Crippen molar-refractivity contribution in [1.29, 1.82) is 0 Å². The smallest absolute Gasteiger partial charge is 0.222 e. The molecule has 0 spiro atoms. The molecule has 0 radical (unpaired) electrons. The van der Waals surface area contributed by atoms with Gasteiger partial charge in [-0.2, -0.15) is 5.10 Å². The maximum atomic E-state index is 11.7. The third kappa shape index (κ3) is 5.28. The van der Waals surface area contributed by atoms with E-state index in [9.17, 15) is 18.5 Å². The van der Waals surface area contributed by atoms with Crippen LogP contribution in [-0.4, -0.2) is 35.9 Å². The number of hydrogen-bond acceptors (Lipinski definition) is 5. The lowest BCUT2D eigenvalue weighted by Crippen LogP contribution is -2.15. The van der Waals surface area contributed by atoms with Crippen LogP contribution in [0.2, 0.25) is 0 Å². The summed E-state index contributed by atoms with van der Waals surface area (Å²) in [7, 11) is -3.25. The van der Waals surface area contributed by atoms with E-state index >= 15 is 0 Å². The standard InChI is InChI=1S/C20H25N3O4S/c1-28(26,27)19-11-9-17(10-12-19)20-14-18(8-5-13-23(24)25)21-22(20)15-16-6-3-2-4-7-16/h5,8-12,14,16H,2-4,6-7,13,15H2,1H3/b8-5+. The number of nitro groups is 1. The molecule has 1 fully saturated rings. The number of nitrogens with zero attached hydrogens (tertiary/aromatic N) is 3. The second-order valence-electron chi connectivity index (χ2n) is 7.35. The number of sulfone groups is 1. The van der Waals surface area contributed by atoms with E-state index in [2.05, 4.69) is 5.10 Å². The van der Waals surface area contributed by atoms with Crippen molar-refractivity contribution in [3.8, 4) is 11.3 Å². The number of benzene rings is 1. The minimum absolute atomic E-state index is 0.242. The summed E-state index contributed by atoms with van der Waals surface area (Å²) in [6, 6.07) is 8.68. The van der Waals surface area contributed by atoms with Crippen LogP contribution in [0.3, 0.4) is 0 Å². The Kier molecular flexibility index (Phi) is 6.28. The summed E-state index contributed by atoms with van der Waals surface area (Å²) in [5.41, 5.74) is 2.44. The maximum Gasteiger partial charge on any atom is 0.222 e. The summed E-state index contributed by atoms with van der Waals surface area (Å²) in [5.74, 6) is 0.568. The molecular formula is C20H25N3O4S. The average Bonchev–Trinajstić information content (AvgIpc) is 3.04. The first-order valence-corrected chi connectivity index (χ1v) is 11.4. The van der Waals surface area contributed by atoms with Gasteiger partial charge in [0.2, 0.25) is 6.54 Å². The van der Waals surface area contributed by atoms with E-state index in [-0.39, 0.29) is 16.4 Å². The molecule has 28 heavy (non-hydrogen) atoms. The summed E-state index contributed by atoms with van der Waals surface area (Å²) >= 11 is 0. The Balaban J connectivity index is 1.91. The van der Waals surface area contributed by atoms with Crippen molar-refractivity contribution in [3.05, 3.63) is 52.2 Å². The van der Waals surface area contributed by atoms with E-state index in [1.807, 2.05) is 10.7 Å². The third-order valence-electron chi connectivity index (χ3n) is 5.08. The lowest BCUT2D eigenvalue weighted by atomic mass is 9.89. The molecule has 3 rings (SSSR count). The van der Waals surface area contributed by atoms with Crippen LogP contribution in [0.4, 0.5) is 0 Å². The van der Waals surface area contributed by atoms with Crippen LogP contribution in [0.5, 0.6) is 0 Å². The summed E-state index contributed by atoms with van der Waals surface area (Å²) in [6.07, 6.45) is 10.5. The molecule has 1 saturated carbocycles. The molecular weight excluding hydrogens is 378 g/mol. The lowest BCUT2D eigenvalue weighted by molar-refractivity contribution is -0.468. The maximum absolute atomic E-state index is 11.7. The van der Waals surface area contributed by atoms with Crippen molar-refractivity contribution in [2.75, 3.05) is 12.8 Å². The molecule has 0 saturated heterocycles. The highest BCUT2D eigenvalue weighted by Crippen LogP contribution is 2.28. The molecule has 0 N–H and O–H groups in total. The first kappa shape index (κ1) is 20.3. The van der Waals surface area contributed by atoms with Gasteiger partial charge in [-0.25, -0.2) is 8.42 Å². The average molecular weight is 404 g/mol. The summed E-state index contributed by atoms with van der Waals surface area (Å²) < 4.78 is 25.4. The van der Waals surface area contributed by atoms with Gasteiger partial charge < -0.3 is 0 Å². The predicted molar refractivity (Wildman–Crippen MR) is 108 cm³/mol. The van der Waals surface area contributed by atoms with Gasteiger partial charge in [0.15, 0.2) is 9.84 Å². The zero-order valence-corrected chi connectivity index (χ0v) is 16.8. The van der Waals surface area contributed by atoms with Crippen molar-refractivity contribution < 1.29 is 13.3 Å². The van der Waals surface area contributed by atoms with Crippen molar-refractivity contribution in [1.82, 2.24) is 9.78 Å². The monoisotopic (exact) mass is 403 g/mol. The molecule has 2 aromatic rings. The van der Waals surface area contributed by atoms with Gasteiger partial charge >= 0.3 is 0 Å². The van der Waals surface area contributed by atoms with Gasteiger partial charge in [-0.1, -0.05) is 31.4 Å². The van der Waals surface area contributed by atoms with Crippen LogP contribution >= 0.6 is 0 Å². The minimum Gasteiger partial charge on any atom is -0.264 e. The Hall–Kier alpha value is -2.48. The van der Waals surface area contributed by atoms with Gasteiger partial charge in [0.1, 0.15) is 0 Å². The third-order valence-corrected chi connectivity index (χ3v) is 6.20. The second kappa shape index (κ2) is 8.68. The lowest BCUT2D eigenvalue weighted by Gasteiger charge is -2.22. The van der Waals surface area contributed by atoms with Crippen LogP contribution in [0.15, 0.2) is 41.3 Å². The summed E-state index contributed by atoms with van der Waals surface area (Å²) in [6.45, 7) is 0.556. The highest BCUT2D eigenvalue weighted by atomic mass is 32.2. The Morgan fingerprint density at radius 1 is 1.21 bits per heavy atom. The predicted octanol–water partition coefficient (Wildman–Crippen LogP) is 3.82. The molecule has 0 amide bonds. The van der Waals surface area contributed by atoms with Crippen LogP contribution in [-0.2, 0) is 16.4 Å². The molecule has 0 aliphatic heterocycles. The quantitative estimate of drug-likeness (QED) is 0.517. The van der Waals surface area contributed by atoms with Gasteiger partial charge in [0, 0.05) is 17.7 Å². The number of rotatable bonds is 7. The molecule has 1 aliphatic carbocycles. The molecule has 7 nitrogen and oxygen atoms in total. The fraction of sp³-hybridized carbons (Fsp3) is 0.450. The first-order valence-electron chi connectivity index (χ1n) is 9.49. The Morgan fingerprint density at radius 3 is 2.50 bits per heavy atom. The summed E-state index contributed by atoms with van der Waals surface area (Å²) in [5, 5.41) is 15.2. The van der Waals surface area contributed by atoms with Crippen molar-refractivity contribution in [3.63, 3.8) is 0 Å². The second-order valence-corrected chi connectivity index (χ2v) is 9.37. The van der Waals surface area contributed by atoms with Crippen molar-refractivity contribution in [2.24, 2.45) is 5.92 Å². The molecule has 1 aromatic carbocycles. The zero-order valence-electron chi connectivity index (χ0n) is 16.0. The fourth-order valence-corrected chi connectivity index (χ4v) is 4.27.